The zero-order chi connectivity index (χ0) is 21.7. The first-order valence-corrected chi connectivity index (χ1v) is 11.5. The second kappa shape index (κ2) is 12.7. The Morgan fingerprint density at radius 3 is 2.00 bits per heavy atom. The number of nitrogen functional groups attached to an aromatic ring is 1. The fraction of sp³-hybridized carbons (Fsp3) is 0.500. The van der Waals surface area contributed by atoms with Crippen molar-refractivity contribution in [3.63, 3.8) is 0 Å². The number of fused-ring (bicyclic) bond motifs is 1. The molecule has 0 spiro atoms. The van der Waals surface area contributed by atoms with E-state index in [-0.39, 0.29) is 11.7 Å². The second-order valence-corrected chi connectivity index (χ2v) is 8.01. The summed E-state index contributed by atoms with van der Waals surface area (Å²) >= 11 is 0. The number of carbonyl (C=O) groups excluding carboxylic acids is 1. The van der Waals surface area contributed by atoms with Crippen molar-refractivity contribution in [2.45, 2.75) is 70.8 Å². The van der Waals surface area contributed by atoms with Crippen molar-refractivity contribution in [1.82, 2.24) is 25.3 Å². The van der Waals surface area contributed by atoms with E-state index in [1.807, 2.05) is 29.1 Å². The predicted octanol–water partition coefficient (Wildman–Crippen LogP) is 4.74. The molecule has 3 N–H and O–H groups in total. The van der Waals surface area contributed by atoms with E-state index in [0.717, 1.165) is 36.8 Å². The number of pyridine rings is 1. The number of benzene rings is 1. The van der Waals surface area contributed by atoms with Crippen molar-refractivity contribution in [2.24, 2.45) is 0 Å². The first-order valence-electron chi connectivity index (χ1n) is 11.5. The molecular weight excluding hydrogens is 388 g/mol. The summed E-state index contributed by atoms with van der Waals surface area (Å²) in [5.41, 5.74) is 8.13. The van der Waals surface area contributed by atoms with Crippen molar-refractivity contribution >= 4 is 22.8 Å². The average molecular weight is 423 g/mol. The standard InChI is InChI=1S/C24H34N6O/c25-23-20(14-13-18-26-23)24(31)27-17-11-7-5-3-1-2-4-6-8-12-19-30-28-21-15-9-10-16-22(21)29-30/h9-10,13-16,18H,1-8,11-12,17,19H2,(H2,25,26)(H,27,31). The Morgan fingerprint density at radius 2 is 1.39 bits per heavy atom. The molecule has 1 amide bonds. The molecule has 3 aromatic rings. The third-order valence-electron chi connectivity index (χ3n) is 5.48. The number of nitrogens with zero attached hydrogens (tertiary/aromatic N) is 4. The summed E-state index contributed by atoms with van der Waals surface area (Å²) in [5, 5.41) is 11.9. The van der Waals surface area contributed by atoms with Crippen molar-refractivity contribution in [3.8, 4) is 0 Å². The minimum Gasteiger partial charge on any atom is -0.383 e. The quantitative estimate of drug-likeness (QED) is 0.366. The molecule has 0 radical (unpaired) electrons. The van der Waals surface area contributed by atoms with Crippen LogP contribution in [0.25, 0.3) is 11.0 Å². The Hall–Kier alpha value is -2.96. The van der Waals surface area contributed by atoms with Gasteiger partial charge < -0.3 is 11.1 Å². The average Bonchev–Trinajstić information content (AvgIpc) is 3.20. The van der Waals surface area contributed by atoms with Crippen LogP contribution in [0.2, 0.25) is 0 Å². The molecule has 0 unspecified atom stereocenters. The van der Waals surface area contributed by atoms with Gasteiger partial charge in [-0.05, 0) is 37.1 Å². The van der Waals surface area contributed by atoms with E-state index in [0.29, 0.717) is 12.1 Å². The molecule has 31 heavy (non-hydrogen) atoms. The molecule has 0 bridgehead atoms. The molecular formula is C24H34N6O. The van der Waals surface area contributed by atoms with Gasteiger partial charge in [-0.25, -0.2) is 4.98 Å². The number of nitrogens with one attached hydrogen (secondary N) is 1. The fourth-order valence-corrected chi connectivity index (χ4v) is 3.70. The highest BCUT2D eigenvalue weighted by atomic mass is 16.1. The maximum atomic E-state index is 12.0. The van der Waals surface area contributed by atoms with Crippen LogP contribution >= 0.6 is 0 Å². The van der Waals surface area contributed by atoms with Crippen LogP contribution in [0.5, 0.6) is 0 Å². The minimum absolute atomic E-state index is 0.137. The van der Waals surface area contributed by atoms with E-state index >= 15 is 0 Å². The highest BCUT2D eigenvalue weighted by molar-refractivity contribution is 5.98. The van der Waals surface area contributed by atoms with Gasteiger partial charge in [-0.15, -0.1) is 0 Å². The molecule has 0 saturated heterocycles. The molecule has 7 nitrogen and oxygen atoms in total. The van der Waals surface area contributed by atoms with Crippen LogP contribution in [-0.2, 0) is 6.54 Å². The largest absolute Gasteiger partial charge is 0.383 e. The molecule has 0 saturated carbocycles. The number of hydrogen-bond donors (Lipinski definition) is 2. The molecule has 166 valence electrons. The van der Waals surface area contributed by atoms with Gasteiger partial charge in [0.1, 0.15) is 16.9 Å². The van der Waals surface area contributed by atoms with Crippen molar-refractivity contribution < 1.29 is 4.79 Å². The van der Waals surface area contributed by atoms with E-state index in [9.17, 15) is 4.79 Å². The van der Waals surface area contributed by atoms with Gasteiger partial charge in [0.2, 0.25) is 0 Å². The highest BCUT2D eigenvalue weighted by Gasteiger charge is 2.08. The van der Waals surface area contributed by atoms with E-state index in [2.05, 4.69) is 20.5 Å². The topological polar surface area (TPSA) is 98.7 Å². The van der Waals surface area contributed by atoms with Gasteiger partial charge >= 0.3 is 0 Å². The Morgan fingerprint density at radius 1 is 0.806 bits per heavy atom. The number of unbranched alkanes of at least 4 members (excludes halogenated alkanes) is 9. The second-order valence-electron chi connectivity index (χ2n) is 8.01. The molecule has 0 fully saturated rings. The number of aryl methyl sites for hydroxylation is 1. The number of carbonyl (C=O) groups is 1. The number of hydrogen-bond acceptors (Lipinski definition) is 5. The maximum absolute atomic E-state index is 12.0. The van der Waals surface area contributed by atoms with Crippen LogP contribution in [0.15, 0.2) is 42.6 Å². The van der Waals surface area contributed by atoms with Crippen molar-refractivity contribution in [1.29, 1.82) is 0 Å². The lowest BCUT2D eigenvalue weighted by Crippen LogP contribution is -2.25. The summed E-state index contributed by atoms with van der Waals surface area (Å²) in [7, 11) is 0. The highest BCUT2D eigenvalue weighted by Crippen LogP contribution is 2.12. The van der Waals surface area contributed by atoms with Crippen LogP contribution in [0.3, 0.4) is 0 Å². The molecule has 2 heterocycles. The van der Waals surface area contributed by atoms with Crippen LogP contribution in [0, 0.1) is 0 Å². The zero-order valence-corrected chi connectivity index (χ0v) is 18.3. The normalized spacial score (nSPS) is 11.1. The molecule has 0 aliphatic rings. The van der Waals surface area contributed by atoms with E-state index in [1.165, 1.54) is 44.9 Å². The number of aromatic nitrogens is 4. The summed E-state index contributed by atoms with van der Waals surface area (Å²) in [5.74, 6) is 0.147. The van der Waals surface area contributed by atoms with E-state index in [4.69, 9.17) is 5.73 Å². The van der Waals surface area contributed by atoms with Crippen molar-refractivity contribution in [2.75, 3.05) is 12.3 Å². The molecule has 0 aliphatic carbocycles. The third-order valence-corrected chi connectivity index (χ3v) is 5.48. The summed E-state index contributed by atoms with van der Waals surface area (Å²) in [6, 6.07) is 11.4. The lowest BCUT2D eigenvalue weighted by atomic mass is 10.1. The fourth-order valence-electron chi connectivity index (χ4n) is 3.70. The smallest absolute Gasteiger partial charge is 0.255 e. The third kappa shape index (κ3) is 7.66. The Labute approximate surface area is 184 Å². The summed E-state index contributed by atoms with van der Waals surface area (Å²) in [6.07, 6.45) is 13.8. The summed E-state index contributed by atoms with van der Waals surface area (Å²) < 4.78 is 0. The van der Waals surface area contributed by atoms with E-state index < -0.39 is 0 Å². The number of anilines is 1. The minimum atomic E-state index is -0.137. The zero-order valence-electron chi connectivity index (χ0n) is 18.3. The SMILES string of the molecule is Nc1ncccc1C(=O)NCCCCCCCCCCCCn1nc2ccccc2n1. The monoisotopic (exact) mass is 422 g/mol. The molecule has 0 aliphatic heterocycles. The van der Waals surface area contributed by atoms with Crippen LogP contribution in [0.1, 0.15) is 74.6 Å². The molecule has 2 aromatic heterocycles. The number of nitrogens with two attached hydrogens (primary N) is 1. The Balaban J connectivity index is 1.11. The van der Waals surface area contributed by atoms with Gasteiger partial charge in [-0.1, -0.05) is 63.5 Å². The van der Waals surface area contributed by atoms with Gasteiger partial charge in [0, 0.05) is 12.7 Å². The Bertz CT molecular complexity index is 905. The lowest BCUT2D eigenvalue weighted by molar-refractivity contribution is 0.0953. The van der Waals surface area contributed by atoms with Crippen molar-refractivity contribution in [3.05, 3.63) is 48.2 Å². The molecule has 7 heteroatoms. The number of amides is 1. The van der Waals surface area contributed by atoms with Crippen LogP contribution in [0.4, 0.5) is 5.82 Å². The summed E-state index contributed by atoms with van der Waals surface area (Å²) in [6.45, 7) is 1.59. The molecule has 3 rings (SSSR count). The summed E-state index contributed by atoms with van der Waals surface area (Å²) in [4.78, 5) is 17.8. The van der Waals surface area contributed by atoms with Gasteiger partial charge in [-0.2, -0.15) is 15.0 Å². The van der Waals surface area contributed by atoms with Crippen LogP contribution < -0.4 is 11.1 Å². The maximum Gasteiger partial charge on any atom is 0.255 e. The predicted molar refractivity (Wildman–Crippen MR) is 125 cm³/mol. The first kappa shape index (κ1) is 22.7. The van der Waals surface area contributed by atoms with Gasteiger partial charge in [-0.3, -0.25) is 4.79 Å². The number of rotatable bonds is 14. The van der Waals surface area contributed by atoms with Crippen LogP contribution in [-0.4, -0.2) is 32.4 Å². The van der Waals surface area contributed by atoms with Gasteiger partial charge in [0.15, 0.2) is 0 Å². The van der Waals surface area contributed by atoms with Gasteiger partial charge in [0.05, 0.1) is 12.1 Å². The first-order chi connectivity index (χ1) is 15.2. The molecule has 1 aromatic carbocycles. The Kier molecular flexibility index (Phi) is 9.29. The van der Waals surface area contributed by atoms with E-state index in [1.54, 1.807) is 18.3 Å². The van der Waals surface area contributed by atoms with Gasteiger partial charge in [0.25, 0.3) is 5.91 Å². The lowest BCUT2D eigenvalue weighted by Gasteiger charge is -2.07. The molecule has 0 atom stereocenters.